The zero-order chi connectivity index (χ0) is 22.6. The largest absolute Gasteiger partial charge is 0.486 e. The molecule has 1 aliphatic heterocycles. The Bertz CT molecular complexity index is 1310. The predicted molar refractivity (Wildman–Crippen MR) is 124 cm³/mol. The van der Waals surface area contributed by atoms with Gasteiger partial charge in [-0.1, -0.05) is 24.3 Å². The molecule has 7 heteroatoms. The minimum absolute atomic E-state index is 0.338. The van der Waals surface area contributed by atoms with Gasteiger partial charge in [0.1, 0.15) is 18.9 Å². The van der Waals surface area contributed by atoms with Crippen molar-refractivity contribution in [3.63, 3.8) is 0 Å². The topological polar surface area (TPSA) is 75.5 Å². The van der Waals surface area contributed by atoms with E-state index in [4.69, 9.17) is 19.3 Å². The van der Waals surface area contributed by atoms with Crippen molar-refractivity contribution >= 4 is 17.6 Å². The molecule has 0 radical (unpaired) electrons. The van der Waals surface area contributed by atoms with Crippen LogP contribution in [0.5, 0.6) is 11.5 Å². The number of hydrogen-bond donors (Lipinski definition) is 0. The second kappa shape index (κ2) is 9.00. The van der Waals surface area contributed by atoms with Crippen molar-refractivity contribution < 1.29 is 19.0 Å². The molecule has 4 aromatic rings. The van der Waals surface area contributed by atoms with E-state index in [1.54, 1.807) is 29.1 Å². The molecule has 2 aromatic carbocycles. The number of aromatic nitrogens is 3. The molecule has 7 nitrogen and oxygen atoms in total. The van der Waals surface area contributed by atoms with E-state index < -0.39 is 5.97 Å². The van der Waals surface area contributed by atoms with Crippen molar-refractivity contribution in [2.75, 3.05) is 20.3 Å². The smallest absolute Gasteiger partial charge is 0.340 e. The second-order valence-corrected chi connectivity index (χ2v) is 7.34. The first-order valence-corrected chi connectivity index (χ1v) is 10.5. The normalized spacial score (nSPS) is 12.9. The van der Waals surface area contributed by atoms with E-state index in [1.807, 2.05) is 60.8 Å². The maximum atomic E-state index is 12.6. The molecule has 0 unspecified atom stereocenters. The SMILES string of the molecule is COC(=O)/C(=C\c1cn(-c2ccccc2)nc1-c1ccc2c(c1)OCCO2)c1ccccn1. The van der Waals surface area contributed by atoms with Crippen LogP contribution in [0, 0.1) is 0 Å². The summed E-state index contributed by atoms with van der Waals surface area (Å²) in [6, 6.07) is 20.9. The number of nitrogens with zero attached hydrogens (tertiary/aromatic N) is 3. The number of fused-ring (bicyclic) bond motifs is 1. The van der Waals surface area contributed by atoms with Crippen molar-refractivity contribution in [3.8, 4) is 28.4 Å². The first-order valence-electron chi connectivity index (χ1n) is 10.5. The van der Waals surface area contributed by atoms with Crippen LogP contribution in [-0.2, 0) is 9.53 Å². The van der Waals surface area contributed by atoms with Crippen LogP contribution in [0.1, 0.15) is 11.3 Å². The highest BCUT2D eigenvalue weighted by Gasteiger charge is 2.19. The molecular weight excluding hydrogens is 418 g/mol. The lowest BCUT2D eigenvalue weighted by molar-refractivity contribution is -0.133. The number of hydrogen-bond acceptors (Lipinski definition) is 6. The van der Waals surface area contributed by atoms with Gasteiger partial charge in [0.15, 0.2) is 11.5 Å². The second-order valence-electron chi connectivity index (χ2n) is 7.34. The van der Waals surface area contributed by atoms with Crippen LogP contribution in [0.3, 0.4) is 0 Å². The maximum absolute atomic E-state index is 12.6. The Labute approximate surface area is 190 Å². The number of carbonyl (C=O) groups excluding carboxylic acids is 1. The van der Waals surface area contributed by atoms with Crippen molar-refractivity contribution in [2.45, 2.75) is 0 Å². The molecule has 0 aliphatic carbocycles. The van der Waals surface area contributed by atoms with Crippen LogP contribution in [-0.4, -0.2) is 41.1 Å². The first kappa shape index (κ1) is 20.5. The summed E-state index contributed by atoms with van der Waals surface area (Å²) in [5.41, 5.74) is 4.02. The number of esters is 1. The monoisotopic (exact) mass is 439 g/mol. The number of ether oxygens (including phenoxy) is 3. The zero-order valence-electron chi connectivity index (χ0n) is 18.0. The van der Waals surface area contributed by atoms with Gasteiger partial charge in [-0.25, -0.2) is 9.48 Å². The molecule has 0 amide bonds. The van der Waals surface area contributed by atoms with Gasteiger partial charge in [-0.2, -0.15) is 5.10 Å². The summed E-state index contributed by atoms with van der Waals surface area (Å²) in [6.45, 7) is 1.02. The summed E-state index contributed by atoms with van der Waals surface area (Å²) in [6.07, 6.45) is 5.28. The van der Waals surface area contributed by atoms with Gasteiger partial charge in [-0.15, -0.1) is 0 Å². The lowest BCUT2D eigenvalue weighted by Gasteiger charge is -2.18. The van der Waals surface area contributed by atoms with E-state index >= 15 is 0 Å². The fraction of sp³-hybridized carbons (Fsp3) is 0.115. The Kier molecular flexibility index (Phi) is 5.59. The van der Waals surface area contributed by atoms with E-state index in [9.17, 15) is 4.79 Å². The van der Waals surface area contributed by atoms with Crippen LogP contribution in [0.15, 0.2) is 79.1 Å². The van der Waals surface area contributed by atoms with Crippen LogP contribution in [0.2, 0.25) is 0 Å². The Balaban J connectivity index is 1.68. The quantitative estimate of drug-likeness (QED) is 0.339. The molecule has 5 rings (SSSR count). The lowest BCUT2D eigenvalue weighted by atomic mass is 10.0. The maximum Gasteiger partial charge on any atom is 0.340 e. The molecule has 0 N–H and O–H groups in total. The molecule has 0 saturated heterocycles. The highest BCUT2D eigenvalue weighted by molar-refractivity contribution is 6.21. The first-order chi connectivity index (χ1) is 16.2. The van der Waals surface area contributed by atoms with Gasteiger partial charge in [-0.3, -0.25) is 4.98 Å². The van der Waals surface area contributed by atoms with Gasteiger partial charge in [0.25, 0.3) is 0 Å². The summed E-state index contributed by atoms with van der Waals surface area (Å²) >= 11 is 0. The fourth-order valence-corrected chi connectivity index (χ4v) is 3.65. The average Bonchev–Trinajstić information content (AvgIpc) is 3.31. The number of rotatable bonds is 5. The van der Waals surface area contributed by atoms with E-state index in [0.29, 0.717) is 41.7 Å². The highest BCUT2D eigenvalue weighted by atomic mass is 16.6. The summed E-state index contributed by atoms with van der Waals surface area (Å²) in [5, 5.41) is 4.83. The molecule has 1 aliphatic rings. The molecule has 164 valence electrons. The lowest BCUT2D eigenvalue weighted by Crippen LogP contribution is -2.15. The van der Waals surface area contributed by atoms with Gasteiger partial charge >= 0.3 is 5.97 Å². The highest BCUT2D eigenvalue weighted by Crippen LogP contribution is 2.36. The molecular formula is C26H21N3O4. The molecule has 0 atom stereocenters. The Morgan fingerprint density at radius 1 is 1.00 bits per heavy atom. The van der Waals surface area contributed by atoms with E-state index in [2.05, 4.69) is 4.98 Å². The van der Waals surface area contributed by atoms with Gasteiger partial charge < -0.3 is 14.2 Å². The van der Waals surface area contributed by atoms with Gasteiger partial charge in [0.05, 0.1) is 24.1 Å². The molecule has 3 heterocycles. The van der Waals surface area contributed by atoms with Crippen molar-refractivity contribution in [1.29, 1.82) is 0 Å². The standard InChI is InChI=1S/C26H21N3O4/c1-31-26(30)21(22-9-5-6-12-27-22)15-19-17-29(20-7-3-2-4-8-20)28-25(19)18-10-11-23-24(16-18)33-14-13-32-23/h2-12,15-17H,13-14H2,1H3/b21-15-. The summed E-state index contributed by atoms with van der Waals surface area (Å²) in [7, 11) is 1.36. The van der Waals surface area contributed by atoms with Gasteiger partial charge in [0.2, 0.25) is 0 Å². The predicted octanol–water partition coefficient (Wildman–Crippen LogP) is 4.42. The number of para-hydroxylation sites is 1. The van der Waals surface area contributed by atoms with E-state index in [0.717, 1.165) is 16.8 Å². The van der Waals surface area contributed by atoms with E-state index in [1.165, 1.54) is 7.11 Å². The Hall–Kier alpha value is -4.39. The molecule has 0 bridgehead atoms. The summed E-state index contributed by atoms with van der Waals surface area (Å²) in [4.78, 5) is 17.0. The van der Waals surface area contributed by atoms with Crippen LogP contribution < -0.4 is 9.47 Å². The zero-order valence-corrected chi connectivity index (χ0v) is 18.0. The van der Waals surface area contributed by atoms with E-state index in [-0.39, 0.29) is 0 Å². The van der Waals surface area contributed by atoms with Gasteiger partial charge in [-0.05, 0) is 48.5 Å². The third-order valence-electron chi connectivity index (χ3n) is 5.22. The third kappa shape index (κ3) is 4.21. The third-order valence-corrected chi connectivity index (χ3v) is 5.22. The minimum Gasteiger partial charge on any atom is -0.486 e. The molecule has 0 spiro atoms. The molecule has 33 heavy (non-hydrogen) atoms. The Morgan fingerprint density at radius 2 is 1.79 bits per heavy atom. The minimum atomic E-state index is -0.478. The summed E-state index contributed by atoms with van der Waals surface area (Å²) < 4.78 is 18.2. The molecule has 0 fully saturated rings. The fourth-order valence-electron chi connectivity index (χ4n) is 3.65. The number of pyridine rings is 1. The number of carbonyl (C=O) groups is 1. The summed E-state index contributed by atoms with van der Waals surface area (Å²) in [5.74, 6) is 0.892. The van der Waals surface area contributed by atoms with Gasteiger partial charge in [0, 0.05) is 23.5 Å². The van der Waals surface area contributed by atoms with Crippen molar-refractivity contribution in [3.05, 3.63) is 90.4 Å². The van der Waals surface area contributed by atoms with Crippen LogP contribution in [0.4, 0.5) is 0 Å². The van der Waals surface area contributed by atoms with Crippen LogP contribution in [0.25, 0.3) is 28.6 Å². The number of methoxy groups -OCH3 is 1. The Morgan fingerprint density at radius 3 is 2.55 bits per heavy atom. The van der Waals surface area contributed by atoms with Crippen molar-refractivity contribution in [1.82, 2.24) is 14.8 Å². The number of benzene rings is 2. The van der Waals surface area contributed by atoms with Crippen LogP contribution >= 0.6 is 0 Å². The molecule has 2 aromatic heterocycles. The molecule has 0 saturated carbocycles. The average molecular weight is 439 g/mol. The van der Waals surface area contributed by atoms with Crippen molar-refractivity contribution in [2.24, 2.45) is 0 Å².